The molecule has 4 N–H and O–H groups in total. The predicted molar refractivity (Wildman–Crippen MR) is 68.3 cm³/mol. The minimum absolute atomic E-state index is 0.201. The Hall–Kier alpha value is -1.70. The van der Waals surface area contributed by atoms with Crippen molar-refractivity contribution in [1.29, 1.82) is 0 Å². The fourth-order valence-electron chi connectivity index (χ4n) is 2.58. The number of nitrogen functional groups attached to an aromatic ring is 1. The molecular weight excluding hydrogens is 248 g/mol. The Labute approximate surface area is 109 Å². The number of aryl methyl sites for hydroxylation is 1. The van der Waals surface area contributed by atoms with Gasteiger partial charge in [0.25, 0.3) is 0 Å². The number of nitrogens with zero attached hydrogens (tertiary/aromatic N) is 3. The maximum absolute atomic E-state index is 9.82. The van der Waals surface area contributed by atoms with Crippen LogP contribution in [0.1, 0.15) is 18.3 Å². The molecule has 0 aromatic carbocycles. The monoisotopic (exact) mass is 264 g/mol. The Morgan fingerprint density at radius 1 is 1.53 bits per heavy atom. The number of anilines is 1. The molecule has 3 rings (SSSR count). The predicted octanol–water partition coefficient (Wildman–Crippen LogP) is -0.0374. The van der Waals surface area contributed by atoms with E-state index in [1.54, 1.807) is 0 Å². The highest BCUT2D eigenvalue weighted by Crippen LogP contribution is 2.33. The molecule has 2 aromatic heterocycles. The van der Waals surface area contributed by atoms with E-state index < -0.39 is 12.2 Å². The molecule has 2 aromatic rings. The minimum atomic E-state index is -0.675. The lowest BCUT2D eigenvalue weighted by Gasteiger charge is -2.16. The van der Waals surface area contributed by atoms with Gasteiger partial charge in [-0.25, -0.2) is 9.97 Å². The van der Waals surface area contributed by atoms with Crippen LogP contribution in [0.2, 0.25) is 0 Å². The zero-order chi connectivity index (χ0) is 13.6. The molecule has 0 saturated carbocycles. The zero-order valence-electron chi connectivity index (χ0n) is 10.5. The van der Waals surface area contributed by atoms with Crippen LogP contribution in [0.25, 0.3) is 11.0 Å². The molecule has 0 spiro atoms. The van der Waals surface area contributed by atoms with E-state index in [2.05, 4.69) is 9.97 Å². The Bertz CT molecular complexity index is 612. The average Bonchev–Trinajstić information content (AvgIpc) is 2.90. The first-order chi connectivity index (χ1) is 9.11. The Balaban J connectivity index is 2.06. The molecular formula is C12H16N4O3. The maximum Gasteiger partial charge on any atom is 0.147 e. The van der Waals surface area contributed by atoms with Gasteiger partial charge in [0.2, 0.25) is 0 Å². The lowest BCUT2D eigenvalue weighted by molar-refractivity contribution is -0.0435. The summed E-state index contributed by atoms with van der Waals surface area (Å²) in [4.78, 5) is 8.19. The molecule has 7 heteroatoms. The number of nitrogens with two attached hydrogens (primary N) is 1. The first-order valence-electron chi connectivity index (χ1n) is 6.14. The van der Waals surface area contributed by atoms with Gasteiger partial charge in [0.15, 0.2) is 0 Å². The van der Waals surface area contributed by atoms with E-state index in [1.165, 1.54) is 6.33 Å². The summed E-state index contributed by atoms with van der Waals surface area (Å²) in [6.07, 6.45) is 0.244. The van der Waals surface area contributed by atoms with Crippen LogP contribution in [0.5, 0.6) is 0 Å². The van der Waals surface area contributed by atoms with Crippen molar-refractivity contribution < 1.29 is 14.9 Å². The second-order valence-electron chi connectivity index (χ2n) is 4.77. The van der Waals surface area contributed by atoms with Crippen molar-refractivity contribution in [2.45, 2.75) is 31.8 Å². The van der Waals surface area contributed by atoms with Crippen LogP contribution < -0.4 is 5.73 Å². The van der Waals surface area contributed by atoms with Gasteiger partial charge in [0.1, 0.15) is 30.1 Å². The molecule has 3 heterocycles. The summed E-state index contributed by atoms with van der Waals surface area (Å²) < 4.78 is 7.54. The molecule has 0 unspecified atom stereocenters. The smallest absolute Gasteiger partial charge is 0.147 e. The molecule has 3 atom stereocenters. The fraction of sp³-hybridized carbons (Fsp3) is 0.500. The number of aromatic nitrogens is 3. The molecule has 0 aliphatic carbocycles. The Morgan fingerprint density at radius 3 is 3.00 bits per heavy atom. The van der Waals surface area contributed by atoms with Crippen LogP contribution in [0, 0.1) is 6.92 Å². The first kappa shape index (κ1) is 12.3. The SMILES string of the molecule is Cc1cc2c(N)ncnc2n1[C@H]1C[C@H](O)[C@@H](CO)O1. The molecule has 19 heavy (non-hydrogen) atoms. The van der Waals surface area contributed by atoms with E-state index in [9.17, 15) is 5.11 Å². The molecule has 102 valence electrons. The average molecular weight is 264 g/mol. The number of hydrogen-bond acceptors (Lipinski definition) is 6. The standard InChI is InChI=1S/C12H16N4O3/c1-6-2-7-11(13)14-5-15-12(7)16(6)10-3-8(18)9(4-17)19-10/h2,5,8-10,17-18H,3-4H2,1H3,(H2,13,14,15)/t8-,9+,10+/m0/s1. The molecule has 1 fully saturated rings. The van der Waals surface area contributed by atoms with Gasteiger partial charge in [-0.3, -0.25) is 0 Å². The van der Waals surface area contributed by atoms with Crippen molar-refractivity contribution in [3.63, 3.8) is 0 Å². The highest BCUT2D eigenvalue weighted by molar-refractivity contribution is 5.87. The summed E-state index contributed by atoms with van der Waals surface area (Å²) in [6, 6.07) is 1.90. The number of aliphatic hydroxyl groups excluding tert-OH is 2. The topological polar surface area (TPSA) is 106 Å². The van der Waals surface area contributed by atoms with Gasteiger partial charge in [0.05, 0.1) is 18.1 Å². The summed E-state index contributed by atoms with van der Waals surface area (Å²) >= 11 is 0. The van der Waals surface area contributed by atoms with Crippen molar-refractivity contribution in [3.05, 3.63) is 18.1 Å². The van der Waals surface area contributed by atoms with Gasteiger partial charge >= 0.3 is 0 Å². The third-order valence-corrected chi connectivity index (χ3v) is 3.53. The second-order valence-corrected chi connectivity index (χ2v) is 4.77. The van der Waals surface area contributed by atoms with Crippen molar-refractivity contribution in [3.8, 4) is 0 Å². The molecule has 1 saturated heterocycles. The summed E-state index contributed by atoms with van der Waals surface area (Å²) in [7, 11) is 0. The molecule has 1 aliphatic rings. The van der Waals surface area contributed by atoms with E-state index in [-0.39, 0.29) is 12.8 Å². The lowest BCUT2D eigenvalue weighted by Crippen LogP contribution is -2.24. The highest BCUT2D eigenvalue weighted by atomic mass is 16.5. The van der Waals surface area contributed by atoms with Crippen molar-refractivity contribution >= 4 is 16.9 Å². The van der Waals surface area contributed by atoms with Crippen LogP contribution in [-0.2, 0) is 4.74 Å². The quantitative estimate of drug-likeness (QED) is 0.703. The van der Waals surface area contributed by atoms with Crippen LogP contribution in [0.3, 0.4) is 0 Å². The number of rotatable bonds is 2. The van der Waals surface area contributed by atoms with Crippen LogP contribution in [-0.4, -0.2) is 43.6 Å². The summed E-state index contributed by atoms with van der Waals surface area (Å²) in [5, 5.41) is 19.7. The van der Waals surface area contributed by atoms with Gasteiger partial charge in [-0.1, -0.05) is 0 Å². The molecule has 0 amide bonds. The zero-order valence-corrected chi connectivity index (χ0v) is 10.5. The van der Waals surface area contributed by atoms with Crippen molar-refractivity contribution in [2.75, 3.05) is 12.3 Å². The fourth-order valence-corrected chi connectivity index (χ4v) is 2.58. The Kier molecular flexibility index (Phi) is 2.89. The normalized spacial score (nSPS) is 27.2. The van der Waals surface area contributed by atoms with Gasteiger partial charge in [-0.05, 0) is 13.0 Å². The minimum Gasteiger partial charge on any atom is -0.394 e. The third kappa shape index (κ3) is 1.86. The van der Waals surface area contributed by atoms with Crippen molar-refractivity contribution in [2.24, 2.45) is 0 Å². The highest BCUT2D eigenvalue weighted by Gasteiger charge is 2.35. The summed E-state index contributed by atoms with van der Waals surface area (Å²) in [6.45, 7) is 1.72. The van der Waals surface area contributed by atoms with Crippen LogP contribution >= 0.6 is 0 Å². The summed E-state index contributed by atoms with van der Waals surface area (Å²) in [5.74, 6) is 0.420. The second kappa shape index (κ2) is 4.44. The van der Waals surface area contributed by atoms with E-state index >= 15 is 0 Å². The van der Waals surface area contributed by atoms with Crippen molar-refractivity contribution in [1.82, 2.24) is 14.5 Å². The first-order valence-corrected chi connectivity index (χ1v) is 6.14. The van der Waals surface area contributed by atoms with Crippen LogP contribution in [0.15, 0.2) is 12.4 Å². The third-order valence-electron chi connectivity index (χ3n) is 3.53. The largest absolute Gasteiger partial charge is 0.394 e. The lowest BCUT2D eigenvalue weighted by atomic mass is 10.2. The van der Waals surface area contributed by atoms with Gasteiger partial charge in [-0.2, -0.15) is 0 Å². The van der Waals surface area contributed by atoms with Gasteiger partial charge in [0, 0.05) is 12.1 Å². The van der Waals surface area contributed by atoms with E-state index in [0.717, 1.165) is 11.1 Å². The number of aliphatic hydroxyl groups is 2. The number of hydrogen-bond donors (Lipinski definition) is 3. The Morgan fingerprint density at radius 2 is 2.32 bits per heavy atom. The number of ether oxygens (including phenoxy) is 1. The molecule has 1 aliphatic heterocycles. The molecule has 7 nitrogen and oxygen atoms in total. The van der Waals surface area contributed by atoms with E-state index in [0.29, 0.717) is 17.9 Å². The van der Waals surface area contributed by atoms with Crippen LogP contribution in [0.4, 0.5) is 5.82 Å². The molecule has 0 radical (unpaired) electrons. The summed E-state index contributed by atoms with van der Waals surface area (Å²) in [5.41, 5.74) is 7.43. The van der Waals surface area contributed by atoms with Gasteiger partial charge in [-0.15, -0.1) is 0 Å². The van der Waals surface area contributed by atoms with Gasteiger partial charge < -0.3 is 25.3 Å². The molecule has 0 bridgehead atoms. The number of fused-ring (bicyclic) bond motifs is 1. The van der Waals surface area contributed by atoms with E-state index in [4.69, 9.17) is 15.6 Å². The van der Waals surface area contributed by atoms with E-state index in [1.807, 2.05) is 17.6 Å². The maximum atomic E-state index is 9.82.